The summed E-state index contributed by atoms with van der Waals surface area (Å²) < 4.78 is 0. The van der Waals surface area contributed by atoms with Gasteiger partial charge in [-0.25, -0.2) is 9.78 Å². The molecule has 0 aliphatic carbocycles. The lowest BCUT2D eigenvalue weighted by Crippen LogP contribution is -2.62. The fourth-order valence-electron chi connectivity index (χ4n) is 9.99. The first-order valence-electron chi connectivity index (χ1n) is 33.6. The van der Waals surface area contributed by atoms with E-state index < -0.39 is 262 Å². The van der Waals surface area contributed by atoms with Crippen molar-refractivity contribution in [3.63, 3.8) is 0 Å². The molecule has 2 rings (SSSR count). The Morgan fingerprint density at radius 1 is 0.453 bits per heavy atom. The summed E-state index contributed by atoms with van der Waals surface area (Å²) in [5.74, 6) is -23.7. The number of primary amides is 2. The van der Waals surface area contributed by atoms with Gasteiger partial charge in [0.2, 0.25) is 76.8 Å². The van der Waals surface area contributed by atoms with E-state index >= 15 is 0 Å². The normalized spacial score (nSPS) is 14.6. The minimum atomic E-state index is -1.86. The highest BCUT2D eigenvalue weighted by Crippen LogP contribution is 2.16. The first-order valence-corrected chi connectivity index (χ1v) is 33.6. The third-order valence-corrected chi connectivity index (χ3v) is 16.3. The molecule has 106 heavy (non-hydrogen) atoms. The number of aromatic nitrogens is 2. The molecule has 0 saturated heterocycles. The number of H-pyrrole nitrogens is 1. The molecule has 0 unspecified atom stereocenters. The summed E-state index contributed by atoms with van der Waals surface area (Å²) in [6, 6.07) is -10.6. The lowest BCUT2D eigenvalue weighted by molar-refractivity contribution is -0.144. The van der Waals surface area contributed by atoms with Crippen LogP contribution in [0.4, 0.5) is 0 Å². The fraction of sp³-hybridized carbons (Fsp3) is 0.562. The van der Waals surface area contributed by atoms with Crippen LogP contribution in [-0.2, 0) is 99.1 Å². The number of benzene rings is 1. The number of carboxylic acid groups (broad SMARTS) is 5. The number of nitrogens with one attached hydrogen (secondary N) is 12. The molecule has 1 heterocycles. The zero-order valence-electron chi connectivity index (χ0n) is 58.8. The number of hydrogen-bond acceptors (Lipinski definition) is 21. The van der Waals surface area contributed by atoms with Crippen molar-refractivity contribution in [1.82, 2.24) is 68.5 Å². The van der Waals surface area contributed by atoms with Crippen molar-refractivity contribution in [2.75, 3.05) is 13.1 Å². The van der Waals surface area contributed by atoms with E-state index in [9.17, 15) is 107 Å². The molecule has 586 valence electrons. The van der Waals surface area contributed by atoms with Crippen LogP contribution in [0.3, 0.4) is 0 Å². The van der Waals surface area contributed by atoms with E-state index in [0.29, 0.717) is 11.3 Å². The number of nitrogens with two attached hydrogens (primary N) is 5. The summed E-state index contributed by atoms with van der Waals surface area (Å²) in [6.07, 6.45) is -5.12. The molecular weight excluding hydrogens is 1400 g/mol. The number of aromatic amines is 1. The fourth-order valence-corrected chi connectivity index (χ4v) is 9.99. The molecule has 0 bridgehead atoms. The molecule has 0 fully saturated rings. The Labute approximate surface area is 607 Å². The summed E-state index contributed by atoms with van der Waals surface area (Å²) in [7, 11) is 0. The Morgan fingerprint density at radius 2 is 0.849 bits per heavy atom. The summed E-state index contributed by atoms with van der Waals surface area (Å²) in [4.78, 5) is 247. The molecule has 2 aromatic rings. The number of imidazole rings is 1. The number of carbonyl (C=O) groups is 18. The maximum absolute atomic E-state index is 14.6. The van der Waals surface area contributed by atoms with Crippen LogP contribution in [0.2, 0.25) is 0 Å². The lowest BCUT2D eigenvalue weighted by atomic mass is 9.94. The average molecular weight is 1500 g/mol. The van der Waals surface area contributed by atoms with Gasteiger partial charge in [-0.3, -0.25) is 86.5 Å². The molecule has 27 N–H and O–H groups in total. The quantitative estimate of drug-likeness (QED) is 0.0166. The van der Waals surface area contributed by atoms with Crippen molar-refractivity contribution in [2.45, 2.75) is 203 Å². The van der Waals surface area contributed by atoms with Gasteiger partial charge < -0.3 is 118 Å². The van der Waals surface area contributed by atoms with E-state index in [0.717, 1.165) is 0 Å². The third kappa shape index (κ3) is 34.9. The summed E-state index contributed by atoms with van der Waals surface area (Å²) in [5, 5.41) is 73.2. The molecule has 13 amide bonds. The van der Waals surface area contributed by atoms with Crippen molar-refractivity contribution < 1.29 is 112 Å². The van der Waals surface area contributed by atoms with Crippen LogP contribution in [-0.4, -0.2) is 228 Å². The Morgan fingerprint density at radius 3 is 1.29 bits per heavy atom. The summed E-state index contributed by atoms with van der Waals surface area (Å²) >= 11 is 0. The number of amides is 13. The second-order valence-corrected chi connectivity index (χ2v) is 24.8. The second-order valence-electron chi connectivity index (χ2n) is 24.8. The minimum absolute atomic E-state index is 0.0465. The molecule has 0 aliphatic heterocycles. The number of carboxylic acids is 5. The maximum Gasteiger partial charge on any atom is 0.326 e. The molecule has 0 saturated carbocycles. The zero-order valence-corrected chi connectivity index (χ0v) is 58.8. The monoisotopic (exact) mass is 1500 g/mol. The van der Waals surface area contributed by atoms with Crippen LogP contribution in [0.25, 0.3) is 0 Å². The predicted octanol–water partition coefficient (Wildman–Crippen LogP) is -6.68. The Bertz CT molecular complexity index is 3430. The van der Waals surface area contributed by atoms with E-state index in [1.807, 2.05) is 0 Å². The minimum Gasteiger partial charge on any atom is -0.481 e. The van der Waals surface area contributed by atoms with Crippen LogP contribution in [0.15, 0.2) is 47.8 Å². The summed E-state index contributed by atoms with van der Waals surface area (Å²) in [6.45, 7) is 5.22. The molecule has 1 aromatic heterocycles. The molecule has 0 radical (unpaired) electrons. The number of nitrogens with zero attached hydrogens (tertiary/aromatic N) is 2. The highest BCUT2D eigenvalue weighted by Gasteiger charge is 2.39. The average Bonchev–Trinajstić information content (AvgIpc) is 0.898. The van der Waals surface area contributed by atoms with Crippen molar-refractivity contribution in [2.24, 2.45) is 45.5 Å². The molecule has 42 nitrogen and oxygen atoms in total. The van der Waals surface area contributed by atoms with E-state index in [1.165, 1.54) is 26.4 Å². The van der Waals surface area contributed by atoms with Gasteiger partial charge in [-0.05, 0) is 62.3 Å². The number of aliphatic carboxylic acids is 5. The van der Waals surface area contributed by atoms with Gasteiger partial charge in [0.1, 0.15) is 60.4 Å². The number of rotatable bonds is 52. The van der Waals surface area contributed by atoms with E-state index in [-0.39, 0.29) is 51.0 Å². The van der Waals surface area contributed by atoms with Gasteiger partial charge in [-0.15, -0.1) is 0 Å². The largest absolute Gasteiger partial charge is 0.481 e. The SMILES string of the molecule is CC[C@H](C)[C@H](NC(=O)[C@H](CCC(N)=O)NC(=O)[C@H](CCCN=C(N)N)NC(=O)CNC(=O)[C@H](CCC(=O)O)NC(=O)[C@H](CC(=O)O)NC(=O)[C@@H](N)Cc1cnc[nH]1)C(=O)N[C@H](C(=O)N[C@@H](CCC(N)=O)C(=O)N[C@@H](Cc1ccccc1)C(=O)N[C@@H](CCC(=O)O)C(=O)N[C@@H](CCC(=O)O)C(=O)O)[C@@H](C)CC. The van der Waals surface area contributed by atoms with Crippen molar-refractivity contribution >= 4 is 113 Å². The predicted molar refractivity (Wildman–Crippen MR) is 369 cm³/mol. The van der Waals surface area contributed by atoms with Gasteiger partial charge in [0, 0.05) is 63.4 Å². The van der Waals surface area contributed by atoms with Crippen LogP contribution < -0.4 is 87.2 Å². The highest BCUT2D eigenvalue weighted by molar-refractivity contribution is 6.00. The Balaban J connectivity index is 2.52. The molecule has 0 spiro atoms. The van der Waals surface area contributed by atoms with Crippen molar-refractivity contribution in [1.29, 1.82) is 0 Å². The second kappa shape index (κ2) is 46.7. The third-order valence-electron chi connectivity index (χ3n) is 16.3. The van der Waals surface area contributed by atoms with Crippen LogP contribution in [0.5, 0.6) is 0 Å². The van der Waals surface area contributed by atoms with E-state index in [4.69, 9.17) is 33.8 Å². The first kappa shape index (κ1) is 90.2. The Hall–Kier alpha value is -11.9. The standard InChI is InChI=1S/C64H97N19O23/c1-5-31(3)51(61(103)78-38(14-19-44(66)84)57(99)81-42(25-33-11-8-7-9-12-33)59(101)77-40(17-22-48(89)90)56(98)79-41(63(105)106)18-23-49(91)92)83-62(104)52(32(4)6-2)82-58(100)39(15-20-45(67)85)76-55(97)36(13-10-24-71-64(68)69)74-46(86)29-72-54(96)37(16-21-47(87)88)75-60(102)43(27-50(93)94)80-53(95)35(65)26-34-28-70-30-73-34/h7-9,11-12,28,30-32,35-43,51-52H,5-6,10,13-27,29,65H2,1-4H3,(H2,66,84)(H2,67,85)(H,70,73)(H,72,96)(H,74,86)(H,75,102)(H,76,97)(H,77,101)(H,78,103)(H,79,98)(H,80,95)(H,81,99)(H,82,100)(H,83,104)(H,87,88)(H,89,90)(H,91,92)(H,93,94)(H,105,106)(H4,68,69,71)/t31-,32-,35-,36-,37-,38-,39-,40-,41-,42-,43-,51-,52-/m0/s1. The number of aliphatic imine (C=N–C) groups is 1. The van der Waals surface area contributed by atoms with Crippen molar-refractivity contribution in [3.8, 4) is 0 Å². The topological polar surface area (TPSA) is 712 Å². The lowest BCUT2D eigenvalue weighted by Gasteiger charge is -2.31. The molecule has 42 heteroatoms. The number of hydrogen-bond donors (Lipinski definition) is 22. The zero-order chi connectivity index (χ0) is 79.9. The smallest absolute Gasteiger partial charge is 0.326 e. The maximum atomic E-state index is 14.6. The van der Waals surface area contributed by atoms with Gasteiger partial charge in [0.25, 0.3) is 0 Å². The van der Waals surface area contributed by atoms with Crippen LogP contribution in [0.1, 0.15) is 135 Å². The van der Waals surface area contributed by atoms with E-state index in [2.05, 4.69) is 73.4 Å². The molecule has 0 aliphatic rings. The molecule has 1 aromatic carbocycles. The highest BCUT2D eigenvalue weighted by atomic mass is 16.4. The van der Waals surface area contributed by atoms with Gasteiger partial charge in [0.15, 0.2) is 5.96 Å². The molecule has 13 atom stereocenters. The van der Waals surface area contributed by atoms with Gasteiger partial charge in [-0.2, -0.15) is 0 Å². The van der Waals surface area contributed by atoms with E-state index in [1.54, 1.807) is 44.2 Å². The van der Waals surface area contributed by atoms with Crippen LogP contribution in [0, 0.1) is 11.8 Å². The van der Waals surface area contributed by atoms with Crippen LogP contribution >= 0.6 is 0 Å². The van der Waals surface area contributed by atoms with Gasteiger partial charge in [0.05, 0.1) is 25.3 Å². The summed E-state index contributed by atoms with van der Waals surface area (Å²) in [5.41, 5.74) is 28.7. The van der Waals surface area contributed by atoms with Gasteiger partial charge in [-0.1, -0.05) is 70.9 Å². The Kier molecular flexibility index (Phi) is 39.7. The number of guanidine groups is 1. The van der Waals surface area contributed by atoms with Crippen molar-refractivity contribution in [3.05, 3.63) is 54.1 Å². The first-order chi connectivity index (χ1) is 49.8. The van der Waals surface area contributed by atoms with Gasteiger partial charge >= 0.3 is 29.8 Å². The molecular formula is C64H97N19O23. The number of carbonyl (C=O) groups excluding carboxylic acids is 13.